The number of carbonyl (C=O) groups is 2. The molecule has 5 aliphatic carbocycles. The number of likely N-dealkylation sites (tertiary alicyclic amines) is 1. The van der Waals surface area contributed by atoms with Gasteiger partial charge >= 0.3 is 12.1 Å². The molecule has 8 heteroatoms. The lowest BCUT2D eigenvalue weighted by Crippen LogP contribution is -2.53. The molecular weight excluding hydrogens is 621 g/mol. The summed E-state index contributed by atoms with van der Waals surface area (Å²) >= 11 is 0. The van der Waals surface area contributed by atoms with Gasteiger partial charge in [0.2, 0.25) is 7.37 Å². The fourth-order valence-corrected chi connectivity index (χ4v) is 13.8. The summed E-state index contributed by atoms with van der Waals surface area (Å²) in [4.78, 5) is 28.6. The van der Waals surface area contributed by atoms with Gasteiger partial charge in [0.1, 0.15) is 12.4 Å². The van der Waals surface area contributed by atoms with E-state index in [9.17, 15) is 14.7 Å². The maximum atomic E-state index is 15.7. The zero-order valence-electron chi connectivity index (χ0n) is 27.5. The predicted octanol–water partition coefficient (Wildman–Crippen LogP) is 8.95. The summed E-state index contributed by atoms with van der Waals surface area (Å²) in [6, 6.07) is 26.1. The first-order chi connectivity index (χ1) is 23.3. The Morgan fingerprint density at radius 1 is 0.833 bits per heavy atom. The Morgan fingerprint density at radius 2 is 1.42 bits per heavy atom. The minimum atomic E-state index is -3.71. The number of piperidine rings is 1. The largest absolute Gasteiger partial charge is 0.481 e. The lowest BCUT2D eigenvalue weighted by atomic mass is 9.54. The summed E-state index contributed by atoms with van der Waals surface area (Å²) in [6.45, 7) is 0.605. The van der Waals surface area contributed by atoms with Crippen LogP contribution < -0.4 is 0 Å². The average molecular weight is 668 g/mol. The number of benzene rings is 3. The lowest BCUT2D eigenvalue weighted by molar-refractivity contribution is -0.141. The molecule has 48 heavy (non-hydrogen) atoms. The molecule has 3 atom stereocenters. The molecular formula is C40H46NO6P. The Balaban J connectivity index is 1.08. The van der Waals surface area contributed by atoms with Crippen LogP contribution in [0, 0.1) is 23.7 Å². The average Bonchev–Trinajstić information content (AvgIpc) is 3.40. The molecule has 1 aliphatic heterocycles. The minimum Gasteiger partial charge on any atom is -0.481 e. The number of carbonyl (C=O) groups excluding carboxylic acids is 1. The predicted molar refractivity (Wildman–Crippen MR) is 185 cm³/mol. The van der Waals surface area contributed by atoms with Crippen LogP contribution in [0.4, 0.5) is 4.79 Å². The van der Waals surface area contributed by atoms with Crippen molar-refractivity contribution < 1.29 is 28.5 Å². The van der Waals surface area contributed by atoms with E-state index in [0.29, 0.717) is 30.7 Å². The van der Waals surface area contributed by atoms with Crippen molar-refractivity contribution in [3.8, 4) is 11.1 Å². The number of amides is 1. The highest BCUT2D eigenvalue weighted by Gasteiger charge is 2.56. The van der Waals surface area contributed by atoms with Crippen molar-refractivity contribution in [3.05, 3.63) is 95.6 Å². The Morgan fingerprint density at radius 3 is 2.02 bits per heavy atom. The standard InChI is InChI=1S/C40H46NO6P/c42-38(43)31(21-27-10-2-1-3-11-27)26-48(45,47-40-22-28-18-29(23-40)20-30(19-28)24-40)37-16-8-9-17-41(37)39(44)46-25-36-34-14-6-4-12-32(34)33-13-5-7-15-35(33)36/h1-7,10-15,28-31,36-37H,8-9,16-26H2,(H,42,43). The zero-order chi connectivity index (χ0) is 32.9. The molecule has 1 heterocycles. The molecule has 4 bridgehead atoms. The van der Waals surface area contributed by atoms with Crippen molar-refractivity contribution in [3.63, 3.8) is 0 Å². The van der Waals surface area contributed by atoms with Gasteiger partial charge in [-0.1, -0.05) is 78.9 Å². The van der Waals surface area contributed by atoms with Gasteiger partial charge in [-0.15, -0.1) is 0 Å². The van der Waals surface area contributed by atoms with Crippen molar-refractivity contribution >= 4 is 19.4 Å². The van der Waals surface area contributed by atoms with Gasteiger partial charge in [0.05, 0.1) is 11.5 Å². The van der Waals surface area contributed by atoms with Crippen molar-refractivity contribution in [2.45, 2.75) is 81.5 Å². The molecule has 6 aliphatic rings. The first-order valence-electron chi connectivity index (χ1n) is 18.0. The van der Waals surface area contributed by atoms with Crippen LogP contribution in [0.1, 0.15) is 80.4 Å². The van der Waals surface area contributed by atoms with Gasteiger partial charge in [0.25, 0.3) is 0 Å². The quantitative estimate of drug-likeness (QED) is 0.217. The number of aliphatic carboxylic acids is 1. The zero-order valence-corrected chi connectivity index (χ0v) is 28.4. The topological polar surface area (TPSA) is 93.1 Å². The van der Waals surface area contributed by atoms with E-state index in [1.165, 1.54) is 19.3 Å². The van der Waals surface area contributed by atoms with Gasteiger partial charge in [-0.05, 0) is 110 Å². The van der Waals surface area contributed by atoms with E-state index in [2.05, 4.69) is 24.3 Å². The number of carboxylic acid groups (broad SMARTS) is 1. The van der Waals surface area contributed by atoms with Crippen molar-refractivity contribution in [1.29, 1.82) is 0 Å². The van der Waals surface area contributed by atoms with Gasteiger partial charge in [-0.3, -0.25) is 14.3 Å². The second-order valence-electron chi connectivity index (χ2n) is 15.3. The van der Waals surface area contributed by atoms with E-state index in [0.717, 1.165) is 59.9 Å². The summed E-state index contributed by atoms with van der Waals surface area (Å²) in [5.41, 5.74) is 5.01. The third-order valence-corrected chi connectivity index (χ3v) is 15.1. The molecule has 0 radical (unpaired) electrons. The molecule has 1 N–H and O–H groups in total. The van der Waals surface area contributed by atoms with Crippen LogP contribution in [0.3, 0.4) is 0 Å². The van der Waals surface area contributed by atoms with Gasteiger partial charge in [0, 0.05) is 18.6 Å². The molecule has 0 aromatic heterocycles. The summed E-state index contributed by atoms with van der Waals surface area (Å²) < 4.78 is 29.0. The van der Waals surface area contributed by atoms with Crippen LogP contribution in [0.2, 0.25) is 0 Å². The molecule has 3 aromatic carbocycles. The van der Waals surface area contributed by atoms with E-state index in [4.69, 9.17) is 9.26 Å². The Hall–Kier alpha value is -3.41. The lowest BCUT2D eigenvalue weighted by Gasteiger charge is -2.57. The fraction of sp³-hybridized carbons (Fsp3) is 0.500. The van der Waals surface area contributed by atoms with Gasteiger partial charge in [-0.25, -0.2) is 4.79 Å². The number of carboxylic acids is 1. The highest BCUT2D eigenvalue weighted by atomic mass is 31.2. The third-order valence-electron chi connectivity index (χ3n) is 12.0. The minimum absolute atomic E-state index is 0.0815. The summed E-state index contributed by atoms with van der Waals surface area (Å²) in [5, 5.41) is 10.5. The second-order valence-corrected chi connectivity index (χ2v) is 17.9. The van der Waals surface area contributed by atoms with Gasteiger partial charge < -0.3 is 14.4 Å². The molecule has 252 valence electrons. The molecule has 3 unspecified atom stereocenters. The van der Waals surface area contributed by atoms with Crippen LogP contribution in [0.15, 0.2) is 78.9 Å². The fourth-order valence-electron chi connectivity index (χ4n) is 10.3. The molecule has 1 saturated heterocycles. The SMILES string of the molecule is O=C(O)C(Cc1ccccc1)CP(=O)(OC12CC3CC(CC(C3)C1)C2)C1CCCCN1C(=O)OCC1c2ccccc2-c2ccccc21. The maximum absolute atomic E-state index is 15.7. The highest BCUT2D eigenvalue weighted by Crippen LogP contribution is 2.66. The third kappa shape index (κ3) is 6.02. The Bertz CT molecular complexity index is 1640. The van der Waals surface area contributed by atoms with Gasteiger partial charge in [0.15, 0.2) is 0 Å². The van der Waals surface area contributed by atoms with E-state index in [1.807, 2.05) is 54.6 Å². The summed E-state index contributed by atoms with van der Waals surface area (Å²) in [6.07, 6.45) is 8.11. The van der Waals surface area contributed by atoms with Crippen LogP contribution in [-0.4, -0.2) is 52.8 Å². The smallest absolute Gasteiger partial charge is 0.410 e. The second kappa shape index (κ2) is 12.8. The van der Waals surface area contributed by atoms with Crippen LogP contribution in [0.25, 0.3) is 11.1 Å². The van der Waals surface area contributed by atoms with E-state index >= 15 is 4.57 Å². The molecule has 1 amide bonds. The maximum Gasteiger partial charge on any atom is 0.410 e. The van der Waals surface area contributed by atoms with E-state index < -0.39 is 36.7 Å². The number of rotatable bonds is 10. The summed E-state index contributed by atoms with van der Waals surface area (Å²) in [7, 11) is -3.71. The Labute approximate surface area is 283 Å². The molecule has 4 saturated carbocycles. The van der Waals surface area contributed by atoms with E-state index in [-0.39, 0.29) is 25.1 Å². The highest BCUT2D eigenvalue weighted by molar-refractivity contribution is 7.59. The van der Waals surface area contributed by atoms with Crippen molar-refractivity contribution in [2.75, 3.05) is 19.3 Å². The first-order valence-corrected chi connectivity index (χ1v) is 19.8. The normalized spacial score (nSPS) is 29.1. The number of hydrogen-bond donors (Lipinski definition) is 1. The molecule has 0 spiro atoms. The number of ether oxygens (including phenoxy) is 1. The van der Waals surface area contributed by atoms with Crippen LogP contribution >= 0.6 is 7.37 Å². The van der Waals surface area contributed by atoms with Crippen molar-refractivity contribution in [1.82, 2.24) is 4.90 Å². The molecule has 3 aromatic rings. The first kappa shape index (κ1) is 31.8. The Kier molecular flexibility index (Phi) is 8.49. The van der Waals surface area contributed by atoms with Crippen LogP contribution in [0.5, 0.6) is 0 Å². The molecule has 9 rings (SSSR count). The molecule has 7 nitrogen and oxygen atoms in total. The monoisotopic (exact) mass is 667 g/mol. The molecule has 5 fully saturated rings. The number of fused-ring (bicyclic) bond motifs is 3. The van der Waals surface area contributed by atoms with E-state index in [1.54, 1.807) is 4.90 Å². The van der Waals surface area contributed by atoms with Gasteiger partial charge in [-0.2, -0.15) is 0 Å². The summed E-state index contributed by atoms with van der Waals surface area (Å²) in [5.74, 6) is -0.916. The number of hydrogen-bond acceptors (Lipinski definition) is 5. The van der Waals surface area contributed by atoms with Crippen LogP contribution in [-0.2, 0) is 25.0 Å². The number of nitrogens with zero attached hydrogens (tertiary/aromatic N) is 1. The van der Waals surface area contributed by atoms with Crippen molar-refractivity contribution in [2.24, 2.45) is 23.7 Å².